The molecule has 4 rings (SSSR count). The molecule has 1 aliphatic carbocycles. The van der Waals surface area contributed by atoms with E-state index in [0.717, 1.165) is 44.5 Å². The maximum absolute atomic E-state index is 13.3. The number of nitrogens with one attached hydrogen (secondary N) is 1. The molecule has 0 spiro atoms. The van der Waals surface area contributed by atoms with E-state index in [0.29, 0.717) is 11.7 Å². The van der Waals surface area contributed by atoms with Crippen molar-refractivity contribution in [1.82, 2.24) is 10.2 Å². The number of hydrogen-bond acceptors (Lipinski definition) is 3. The second-order valence-corrected chi connectivity index (χ2v) is 8.24. The molecule has 32 heavy (non-hydrogen) atoms. The standard InChI is InChI=1S/C23H26F3N3O.2ClH/c1-28-12-10-18(11-13-28)27-20-15-21(20)29(19-8-3-2-4-9-19)22(30)16-6-5-7-17(14-16)23(24,25)26;;/h2-9,14,18,20-21,27H,10-13,15H2,1H3;2*1H/t20-,21+;;/m1../s1. The minimum atomic E-state index is -4.48. The number of benzene rings is 2. The molecular formula is C23H28Cl2F3N3O. The fourth-order valence-corrected chi connectivity index (χ4v) is 4.14. The summed E-state index contributed by atoms with van der Waals surface area (Å²) >= 11 is 0. The summed E-state index contributed by atoms with van der Waals surface area (Å²) in [7, 11) is 2.11. The summed E-state index contributed by atoms with van der Waals surface area (Å²) in [6.45, 7) is 2.08. The molecular weight excluding hydrogens is 462 g/mol. The van der Waals surface area contributed by atoms with Gasteiger partial charge in [0, 0.05) is 23.3 Å². The maximum atomic E-state index is 13.3. The second kappa shape index (κ2) is 10.9. The topological polar surface area (TPSA) is 35.6 Å². The Bertz CT molecular complexity index is 890. The van der Waals surface area contributed by atoms with Crippen LogP contribution in [0.5, 0.6) is 0 Å². The first-order valence-electron chi connectivity index (χ1n) is 10.3. The van der Waals surface area contributed by atoms with Gasteiger partial charge in [-0.05, 0) is 69.7 Å². The third kappa shape index (κ3) is 6.16. The van der Waals surface area contributed by atoms with Gasteiger partial charge in [0.2, 0.25) is 0 Å². The first-order chi connectivity index (χ1) is 14.3. The van der Waals surface area contributed by atoms with E-state index in [9.17, 15) is 18.0 Å². The fourth-order valence-electron chi connectivity index (χ4n) is 4.14. The summed E-state index contributed by atoms with van der Waals surface area (Å²) < 4.78 is 39.4. The lowest BCUT2D eigenvalue weighted by molar-refractivity contribution is -0.137. The van der Waals surface area contributed by atoms with E-state index in [1.807, 2.05) is 30.3 Å². The number of para-hydroxylation sites is 1. The Kier molecular flexibility index (Phi) is 8.99. The van der Waals surface area contributed by atoms with Gasteiger partial charge < -0.3 is 15.1 Å². The molecule has 9 heteroatoms. The summed E-state index contributed by atoms with van der Waals surface area (Å²) in [6, 6.07) is 14.4. The summed E-state index contributed by atoms with van der Waals surface area (Å²) in [6.07, 6.45) is -1.56. The Morgan fingerprint density at radius 2 is 1.69 bits per heavy atom. The van der Waals surface area contributed by atoms with Gasteiger partial charge in [0.1, 0.15) is 0 Å². The van der Waals surface area contributed by atoms with Gasteiger partial charge in [0.25, 0.3) is 5.91 Å². The highest BCUT2D eigenvalue weighted by Gasteiger charge is 2.46. The van der Waals surface area contributed by atoms with Crippen LogP contribution < -0.4 is 10.2 Å². The number of anilines is 1. The summed E-state index contributed by atoms with van der Waals surface area (Å²) in [5, 5.41) is 3.66. The predicted octanol–water partition coefficient (Wildman–Crippen LogP) is 5.02. The zero-order chi connectivity index (χ0) is 21.3. The molecule has 2 aromatic rings. The molecule has 4 nitrogen and oxygen atoms in total. The van der Waals surface area contributed by atoms with E-state index < -0.39 is 17.6 Å². The van der Waals surface area contributed by atoms with Gasteiger partial charge in [-0.3, -0.25) is 4.79 Å². The van der Waals surface area contributed by atoms with E-state index in [4.69, 9.17) is 0 Å². The minimum absolute atomic E-state index is 0. The first-order valence-corrected chi connectivity index (χ1v) is 10.3. The number of likely N-dealkylation sites (tertiary alicyclic amines) is 1. The Labute approximate surface area is 199 Å². The van der Waals surface area contributed by atoms with Gasteiger partial charge in [-0.25, -0.2) is 0 Å². The van der Waals surface area contributed by atoms with E-state index in [1.165, 1.54) is 12.1 Å². The lowest BCUT2D eigenvalue weighted by atomic mass is 10.1. The SMILES string of the molecule is CN1CCC(N[C@@H]2C[C@@H]2N(C(=O)c2cccc(C(F)(F)F)c2)c2ccccc2)CC1.Cl.Cl. The molecule has 0 bridgehead atoms. The Balaban J connectivity index is 0.00000181. The summed E-state index contributed by atoms with van der Waals surface area (Å²) in [5.41, 5.74) is -0.0469. The number of amides is 1. The van der Waals surface area contributed by atoms with Crippen LogP contribution in [0.2, 0.25) is 0 Å². The monoisotopic (exact) mass is 489 g/mol. The van der Waals surface area contributed by atoms with Gasteiger partial charge in [0.05, 0.1) is 11.6 Å². The average molecular weight is 490 g/mol. The van der Waals surface area contributed by atoms with Crippen molar-refractivity contribution in [2.45, 2.75) is 43.6 Å². The van der Waals surface area contributed by atoms with E-state index in [1.54, 1.807) is 4.90 Å². The number of carbonyl (C=O) groups is 1. The number of rotatable bonds is 5. The van der Waals surface area contributed by atoms with Crippen molar-refractivity contribution in [1.29, 1.82) is 0 Å². The van der Waals surface area contributed by atoms with Crippen LogP contribution in [0.25, 0.3) is 0 Å². The molecule has 1 N–H and O–H groups in total. The second-order valence-electron chi connectivity index (χ2n) is 8.24. The van der Waals surface area contributed by atoms with Crippen LogP contribution in [0.1, 0.15) is 35.2 Å². The molecule has 2 atom stereocenters. The maximum Gasteiger partial charge on any atom is 0.416 e. The van der Waals surface area contributed by atoms with E-state index >= 15 is 0 Å². The number of nitrogens with zero attached hydrogens (tertiary/aromatic N) is 2. The zero-order valence-corrected chi connectivity index (χ0v) is 19.3. The molecule has 2 fully saturated rings. The highest BCUT2D eigenvalue weighted by molar-refractivity contribution is 6.07. The van der Waals surface area contributed by atoms with Gasteiger partial charge in [-0.1, -0.05) is 24.3 Å². The van der Waals surface area contributed by atoms with Gasteiger partial charge in [-0.15, -0.1) is 24.8 Å². The van der Waals surface area contributed by atoms with Crippen LogP contribution >= 0.6 is 24.8 Å². The van der Waals surface area contributed by atoms with Crippen molar-refractivity contribution < 1.29 is 18.0 Å². The molecule has 1 heterocycles. The largest absolute Gasteiger partial charge is 0.416 e. The third-order valence-electron chi connectivity index (χ3n) is 5.95. The smallest absolute Gasteiger partial charge is 0.309 e. The van der Waals surface area contributed by atoms with Crippen LogP contribution in [0, 0.1) is 0 Å². The van der Waals surface area contributed by atoms with Crippen LogP contribution in [0.15, 0.2) is 54.6 Å². The molecule has 0 aromatic heterocycles. The van der Waals surface area contributed by atoms with Crippen LogP contribution in [0.3, 0.4) is 0 Å². The molecule has 2 aromatic carbocycles. The first kappa shape index (κ1) is 26.5. The third-order valence-corrected chi connectivity index (χ3v) is 5.95. The molecule has 0 radical (unpaired) electrons. The molecule has 1 aliphatic heterocycles. The molecule has 1 saturated carbocycles. The quantitative estimate of drug-likeness (QED) is 0.640. The number of alkyl halides is 3. The van der Waals surface area contributed by atoms with Gasteiger partial charge in [-0.2, -0.15) is 13.2 Å². The molecule has 1 amide bonds. The van der Waals surface area contributed by atoms with E-state index in [-0.39, 0.29) is 42.5 Å². The normalized spacial score (nSPS) is 21.2. The number of piperidine rings is 1. The summed E-state index contributed by atoms with van der Waals surface area (Å²) in [5.74, 6) is -0.398. The van der Waals surface area contributed by atoms with Gasteiger partial charge >= 0.3 is 6.18 Å². The van der Waals surface area contributed by atoms with Crippen molar-refractivity contribution in [2.24, 2.45) is 0 Å². The average Bonchev–Trinajstić information content (AvgIpc) is 3.48. The number of halogens is 5. The Morgan fingerprint density at radius 3 is 2.31 bits per heavy atom. The highest BCUT2D eigenvalue weighted by Crippen LogP contribution is 2.36. The number of hydrogen-bond donors (Lipinski definition) is 1. The van der Waals surface area contributed by atoms with Crippen LogP contribution in [0.4, 0.5) is 18.9 Å². The van der Waals surface area contributed by atoms with Crippen LogP contribution in [-0.2, 0) is 6.18 Å². The molecule has 2 aliphatic rings. The fraction of sp³-hybridized carbons (Fsp3) is 0.435. The van der Waals surface area contributed by atoms with Crippen molar-refractivity contribution in [2.75, 3.05) is 25.0 Å². The lowest BCUT2D eigenvalue weighted by Gasteiger charge is -2.30. The van der Waals surface area contributed by atoms with E-state index in [2.05, 4.69) is 17.3 Å². The van der Waals surface area contributed by atoms with Crippen molar-refractivity contribution in [3.05, 3.63) is 65.7 Å². The van der Waals surface area contributed by atoms with Gasteiger partial charge in [0.15, 0.2) is 0 Å². The summed E-state index contributed by atoms with van der Waals surface area (Å²) in [4.78, 5) is 17.3. The zero-order valence-electron chi connectivity index (χ0n) is 17.7. The molecule has 1 saturated heterocycles. The Hall–Kier alpha value is -1.80. The molecule has 176 valence electrons. The van der Waals surface area contributed by atoms with Crippen molar-refractivity contribution in [3.8, 4) is 0 Å². The highest BCUT2D eigenvalue weighted by atomic mass is 35.5. The van der Waals surface area contributed by atoms with Crippen LogP contribution in [-0.4, -0.2) is 49.1 Å². The van der Waals surface area contributed by atoms with Crippen molar-refractivity contribution >= 4 is 36.4 Å². The predicted molar refractivity (Wildman–Crippen MR) is 125 cm³/mol. The molecule has 0 unspecified atom stereocenters. The lowest BCUT2D eigenvalue weighted by Crippen LogP contribution is -2.44. The number of carbonyl (C=O) groups excluding carboxylic acids is 1. The minimum Gasteiger partial charge on any atom is -0.309 e. The Morgan fingerprint density at radius 1 is 1.03 bits per heavy atom. The van der Waals surface area contributed by atoms with Crippen molar-refractivity contribution in [3.63, 3.8) is 0 Å².